The number of carbonyl (C=O) groups is 1. The molecule has 7 heteroatoms. The van der Waals surface area contributed by atoms with Crippen LogP contribution in [0.15, 0.2) is 18.2 Å². The summed E-state index contributed by atoms with van der Waals surface area (Å²) in [6.45, 7) is 0.603. The van der Waals surface area contributed by atoms with Crippen molar-refractivity contribution in [3.8, 4) is 5.75 Å². The van der Waals surface area contributed by atoms with Crippen LogP contribution in [0.3, 0.4) is 0 Å². The minimum atomic E-state index is -4.49. The molecule has 1 aliphatic rings. The van der Waals surface area contributed by atoms with Gasteiger partial charge in [-0.2, -0.15) is 13.2 Å². The molecule has 4 nitrogen and oxygen atoms in total. The van der Waals surface area contributed by atoms with E-state index in [1.54, 1.807) is 0 Å². The van der Waals surface area contributed by atoms with E-state index in [4.69, 9.17) is 9.47 Å². The van der Waals surface area contributed by atoms with Crippen LogP contribution in [-0.2, 0) is 15.7 Å². The smallest absolute Gasteiger partial charge is 0.419 e. The first-order valence-corrected chi connectivity index (χ1v) is 5.57. The molecule has 104 valence electrons. The highest BCUT2D eigenvalue weighted by Gasteiger charge is 2.35. The Morgan fingerprint density at radius 2 is 2.11 bits per heavy atom. The summed E-state index contributed by atoms with van der Waals surface area (Å²) in [6, 6.07) is 3.39. The SMILES string of the molecule is COc1cc(N2CCOCC2=O)ccc1C(F)(F)F. The molecule has 1 heterocycles. The third kappa shape index (κ3) is 2.81. The first-order chi connectivity index (χ1) is 8.93. The van der Waals surface area contributed by atoms with Gasteiger partial charge in [0.2, 0.25) is 0 Å². The molecule has 0 aliphatic carbocycles. The number of nitrogens with zero attached hydrogens (tertiary/aromatic N) is 1. The second-order valence-electron chi connectivity index (χ2n) is 3.98. The summed E-state index contributed by atoms with van der Waals surface area (Å²) in [6.07, 6.45) is -4.49. The highest BCUT2D eigenvalue weighted by molar-refractivity contribution is 5.95. The lowest BCUT2D eigenvalue weighted by Crippen LogP contribution is -2.41. The van der Waals surface area contributed by atoms with Crippen molar-refractivity contribution in [2.45, 2.75) is 6.18 Å². The lowest BCUT2D eigenvalue weighted by molar-refractivity contribution is -0.138. The van der Waals surface area contributed by atoms with Gasteiger partial charge in [-0.1, -0.05) is 0 Å². The summed E-state index contributed by atoms with van der Waals surface area (Å²) in [5, 5.41) is 0. The maximum absolute atomic E-state index is 12.7. The molecule has 0 aromatic heterocycles. The fraction of sp³-hybridized carbons (Fsp3) is 0.417. The third-order valence-corrected chi connectivity index (χ3v) is 2.79. The fourth-order valence-corrected chi connectivity index (χ4v) is 1.87. The predicted molar refractivity (Wildman–Crippen MR) is 61.2 cm³/mol. The van der Waals surface area contributed by atoms with E-state index in [0.717, 1.165) is 13.2 Å². The van der Waals surface area contributed by atoms with E-state index in [0.29, 0.717) is 18.8 Å². The number of methoxy groups -OCH3 is 1. The Labute approximate surface area is 107 Å². The normalized spacial score (nSPS) is 16.6. The predicted octanol–water partition coefficient (Wildman–Crippen LogP) is 2.08. The second-order valence-corrected chi connectivity index (χ2v) is 3.98. The first kappa shape index (κ1) is 13.7. The zero-order valence-corrected chi connectivity index (χ0v) is 10.2. The van der Waals surface area contributed by atoms with Gasteiger partial charge in [-0.3, -0.25) is 4.79 Å². The average molecular weight is 275 g/mol. The minimum absolute atomic E-state index is 0.0661. The summed E-state index contributed by atoms with van der Waals surface area (Å²) in [5.74, 6) is -0.586. The molecule has 0 bridgehead atoms. The fourth-order valence-electron chi connectivity index (χ4n) is 1.87. The summed E-state index contributed by atoms with van der Waals surface area (Å²) in [4.78, 5) is 13.0. The van der Waals surface area contributed by atoms with Crippen LogP contribution in [0.4, 0.5) is 18.9 Å². The van der Waals surface area contributed by atoms with Crippen molar-refractivity contribution < 1.29 is 27.4 Å². The van der Waals surface area contributed by atoms with E-state index in [9.17, 15) is 18.0 Å². The van der Waals surface area contributed by atoms with Gasteiger partial charge < -0.3 is 14.4 Å². The number of hydrogen-bond donors (Lipinski definition) is 0. The van der Waals surface area contributed by atoms with Crippen LogP contribution in [0.25, 0.3) is 0 Å². The van der Waals surface area contributed by atoms with Crippen LogP contribution in [0.1, 0.15) is 5.56 Å². The van der Waals surface area contributed by atoms with Crippen molar-refractivity contribution >= 4 is 11.6 Å². The Kier molecular flexibility index (Phi) is 3.66. The maximum atomic E-state index is 12.7. The summed E-state index contributed by atoms with van der Waals surface area (Å²) < 4.78 is 47.8. The summed E-state index contributed by atoms with van der Waals surface area (Å²) in [7, 11) is 1.16. The molecule has 1 fully saturated rings. The summed E-state index contributed by atoms with van der Waals surface area (Å²) >= 11 is 0. The van der Waals surface area contributed by atoms with E-state index in [1.807, 2.05) is 0 Å². The Bertz CT molecular complexity index is 488. The molecule has 1 aliphatic heterocycles. The topological polar surface area (TPSA) is 38.8 Å². The highest BCUT2D eigenvalue weighted by Crippen LogP contribution is 2.38. The molecule has 0 atom stereocenters. The molecule has 0 spiro atoms. The third-order valence-electron chi connectivity index (χ3n) is 2.79. The van der Waals surface area contributed by atoms with Crippen LogP contribution < -0.4 is 9.64 Å². The highest BCUT2D eigenvalue weighted by atomic mass is 19.4. The number of benzene rings is 1. The number of ether oxygens (including phenoxy) is 2. The van der Waals surface area contributed by atoms with Gasteiger partial charge in [-0.25, -0.2) is 0 Å². The van der Waals surface area contributed by atoms with Crippen LogP contribution in [0.2, 0.25) is 0 Å². The average Bonchev–Trinajstić information content (AvgIpc) is 2.37. The van der Waals surface area contributed by atoms with Gasteiger partial charge in [0.05, 0.1) is 19.3 Å². The molecule has 1 amide bonds. The lowest BCUT2D eigenvalue weighted by Gasteiger charge is -2.27. The van der Waals surface area contributed by atoms with Crippen LogP contribution in [0.5, 0.6) is 5.75 Å². The number of carbonyl (C=O) groups excluding carboxylic acids is 1. The Hall–Kier alpha value is -1.76. The van der Waals surface area contributed by atoms with Crippen molar-refractivity contribution in [1.82, 2.24) is 0 Å². The van der Waals surface area contributed by atoms with Gasteiger partial charge in [0, 0.05) is 18.3 Å². The van der Waals surface area contributed by atoms with Gasteiger partial charge in [0.15, 0.2) is 0 Å². The molecule has 19 heavy (non-hydrogen) atoms. The molecule has 0 N–H and O–H groups in total. The van der Waals surface area contributed by atoms with E-state index in [-0.39, 0.29) is 18.3 Å². The minimum Gasteiger partial charge on any atom is -0.496 e. The second kappa shape index (κ2) is 5.08. The van der Waals surface area contributed by atoms with Crippen LogP contribution >= 0.6 is 0 Å². The van der Waals surface area contributed by atoms with Crippen molar-refractivity contribution in [3.05, 3.63) is 23.8 Å². The molecule has 0 saturated carbocycles. The Balaban J connectivity index is 2.36. The molecule has 0 unspecified atom stereocenters. The van der Waals surface area contributed by atoms with Crippen molar-refractivity contribution in [2.24, 2.45) is 0 Å². The molecular weight excluding hydrogens is 263 g/mol. The lowest BCUT2D eigenvalue weighted by atomic mass is 10.1. The molecule has 0 radical (unpaired) electrons. The number of amides is 1. The number of morpholine rings is 1. The van der Waals surface area contributed by atoms with Crippen molar-refractivity contribution in [2.75, 3.05) is 31.8 Å². The van der Waals surface area contributed by atoms with Gasteiger partial charge in [0.25, 0.3) is 5.91 Å². The zero-order chi connectivity index (χ0) is 14.0. The van der Waals surface area contributed by atoms with E-state index >= 15 is 0 Å². The monoisotopic (exact) mass is 275 g/mol. The first-order valence-electron chi connectivity index (χ1n) is 5.57. The van der Waals surface area contributed by atoms with Crippen molar-refractivity contribution in [1.29, 1.82) is 0 Å². The number of halogens is 3. The summed E-state index contributed by atoms with van der Waals surface area (Å²) in [5.41, 5.74) is -0.488. The maximum Gasteiger partial charge on any atom is 0.419 e. The van der Waals surface area contributed by atoms with Gasteiger partial charge in [0.1, 0.15) is 12.4 Å². The molecule has 1 saturated heterocycles. The van der Waals surface area contributed by atoms with E-state index < -0.39 is 11.7 Å². The molecular formula is C12H12F3NO3. The quantitative estimate of drug-likeness (QED) is 0.829. The van der Waals surface area contributed by atoms with Gasteiger partial charge in [-0.05, 0) is 12.1 Å². The largest absolute Gasteiger partial charge is 0.496 e. The van der Waals surface area contributed by atoms with Crippen LogP contribution in [-0.4, -0.2) is 32.8 Å². The Morgan fingerprint density at radius 1 is 1.37 bits per heavy atom. The van der Waals surface area contributed by atoms with Crippen molar-refractivity contribution in [3.63, 3.8) is 0 Å². The van der Waals surface area contributed by atoms with Crippen LogP contribution in [0, 0.1) is 0 Å². The number of anilines is 1. The van der Waals surface area contributed by atoms with Gasteiger partial charge >= 0.3 is 6.18 Å². The number of hydrogen-bond acceptors (Lipinski definition) is 3. The number of rotatable bonds is 2. The molecule has 1 aromatic rings. The van der Waals surface area contributed by atoms with E-state index in [1.165, 1.54) is 17.0 Å². The number of alkyl halides is 3. The zero-order valence-electron chi connectivity index (χ0n) is 10.2. The standard InChI is InChI=1S/C12H12F3NO3/c1-18-10-6-8(2-3-9(10)12(13,14)15)16-4-5-19-7-11(16)17/h2-3,6H,4-5,7H2,1H3. The Morgan fingerprint density at radius 3 is 2.68 bits per heavy atom. The van der Waals surface area contributed by atoms with E-state index in [2.05, 4.69) is 0 Å². The molecule has 2 rings (SSSR count). The molecule has 1 aromatic carbocycles. The van der Waals surface area contributed by atoms with Gasteiger partial charge in [-0.15, -0.1) is 0 Å².